The summed E-state index contributed by atoms with van der Waals surface area (Å²) >= 11 is 0. The lowest BCUT2D eigenvalue weighted by Crippen LogP contribution is -2.33. The Balaban J connectivity index is 1.32. The molecule has 1 atom stereocenters. The highest BCUT2D eigenvalue weighted by Gasteiger charge is 2.27. The minimum Gasteiger partial charge on any atom is -0.460 e. The number of nitrogens with zero attached hydrogens (tertiary/aromatic N) is 1. The third-order valence-electron chi connectivity index (χ3n) is 6.80. The Kier molecular flexibility index (Phi) is 5.67. The number of esters is 1. The van der Waals surface area contributed by atoms with E-state index in [0.29, 0.717) is 12.2 Å². The summed E-state index contributed by atoms with van der Waals surface area (Å²) in [4.78, 5) is 15.4. The maximum absolute atomic E-state index is 13.0. The number of hydrogen-bond acceptors (Lipinski definition) is 3. The van der Waals surface area contributed by atoms with Crippen molar-refractivity contribution in [1.82, 2.24) is 4.90 Å². The highest BCUT2D eigenvalue weighted by molar-refractivity contribution is 6.04. The van der Waals surface area contributed by atoms with Crippen LogP contribution in [0.25, 0.3) is 21.5 Å². The van der Waals surface area contributed by atoms with E-state index in [9.17, 15) is 4.79 Å². The molecule has 3 heteroatoms. The molecule has 0 radical (unpaired) electrons. The molecule has 1 saturated heterocycles. The fraction of sp³-hybridized carbons (Fsp3) is 0.276. The molecule has 0 spiro atoms. The third-order valence-corrected chi connectivity index (χ3v) is 6.80. The molecule has 4 aromatic carbocycles. The quantitative estimate of drug-likeness (QED) is 0.346. The minimum absolute atomic E-state index is 0.229. The second-order valence-corrected chi connectivity index (χ2v) is 8.98. The van der Waals surface area contributed by atoms with Gasteiger partial charge in [-0.1, -0.05) is 72.3 Å². The predicted octanol–water partition coefficient (Wildman–Crippen LogP) is 6.43. The van der Waals surface area contributed by atoms with E-state index in [2.05, 4.69) is 61.2 Å². The topological polar surface area (TPSA) is 29.5 Å². The Morgan fingerprint density at radius 3 is 2.69 bits per heavy atom. The van der Waals surface area contributed by atoms with Crippen LogP contribution in [-0.2, 0) is 11.3 Å². The monoisotopic (exact) mass is 423 g/mol. The van der Waals surface area contributed by atoms with Crippen molar-refractivity contribution in [2.45, 2.75) is 39.3 Å². The molecule has 5 rings (SSSR count). The summed E-state index contributed by atoms with van der Waals surface area (Å²) in [5.41, 5.74) is 4.54. The summed E-state index contributed by atoms with van der Waals surface area (Å²) in [6, 6.07) is 25.3. The van der Waals surface area contributed by atoms with Crippen molar-refractivity contribution >= 4 is 27.5 Å². The number of ether oxygens (including phenoxy) is 1. The summed E-state index contributed by atoms with van der Waals surface area (Å²) in [5.74, 6) is -0.229. The first kappa shape index (κ1) is 20.7. The molecule has 0 bridgehead atoms. The zero-order chi connectivity index (χ0) is 22.1. The van der Waals surface area contributed by atoms with Crippen LogP contribution in [0.3, 0.4) is 0 Å². The summed E-state index contributed by atoms with van der Waals surface area (Å²) in [5, 5.41) is 4.63. The van der Waals surface area contributed by atoms with Gasteiger partial charge in [-0.15, -0.1) is 0 Å². The Morgan fingerprint density at radius 1 is 0.938 bits per heavy atom. The van der Waals surface area contributed by atoms with Gasteiger partial charge in [0.05, 0.1) is 5.56 Å². The molecule has 1 heterocycles. The van der Waals surface area contributed by atoms with E-state index >= 15 is 0 Å². The third kappa shape index (κ3) is 4.01. The molecule has 1 fully saturated rings. The van der Waals surface area contributed by atoms with Gasteiger partial charge in [0, 0.05) is 12.6 Å². The van der Waals surface area contributed by atoms with Crippen molar-refractivity contribution in [3.63, 3.8) is 0 Å². The van der Waals surface area contributed by atoms with Gasteiger partial charge in [0.2, 0.25) is 0 Å². The minimum atomic E-state index is -0.229. The van der Waals surface area contributed by atoms with Crippen LogP contribution in [0.4, 0.5) is 0 Å². The van der Waals surface area contributed by atoms with E-state index in [-0.39, 0.29) is 12.0 Å². The Labute approximate surface area is 189 Å². The molecule has 0 N–H and O–H groups in total. The number of aryl methyl sites for hydroxylation is 2. The maximum atomic E-state index is 13.0. The number of rotatable bonds is 5. The van der Waals surface area contributed by atoms with Crippen LogP contribution in [0.5, 0.6) is 0 Å². The molecule has 162 valence electrons. The van der Waals surface area contributed by atoms with Gasteiger partial charge in [0.25, 0.3) is 0 Å². The zero-order valence-electron chi connectivity index (χ0n) is 18.8. The van der Waals surface area contributed by atoms with Gasteiger partial charge >= 0.3 is 5.97 Å². The van der Waals surface area contributed by atoms with Crippen LogP contribution in [-0.4, -0.2) is 30.1 Å². The fourth-order valence-corrected chi connectivity index (χ4v) is 4.98. The number of fused-ring (bicyclic) bond motifs is 2. The van der Waals surface area contributed by atoms with Gasteiger partial charge in [0.1, 0.15) is 6.61 Å². The van der Waals surface area contributed by atoms with Crippen LogP contribution in [0.1, 0.15) is 39.9 Å². The lowest BCUT2D eigenvalue weighted by atomic mass is 9.99. The Bertz CT molecular complexity index is 1290. The highest BCUT2D eigenvalue weighted by atomic mass is 16.5. The molecule has 32 heavy (non-hydrogen) atoms. The van der Waals surface area contributed by atoms with E-state index in [1.807, 2.05) is 30.3 Å². The lowest BCUT2D eigenvalue weighted by molar-refractivity contribution is 0.0393. The molecule has 0 unspecified atom stereocenters. The van der Waals surface area contributed by atoms with Crippen molar-refractivity contribution in [3.8, 4) is 0 Å². The van der Waals surface area contributed by atoms with E-state index in [0.717, 1.165) is 36.7 Å². The van der Waals surface area contributed by atoms with Crippen LogP contribution in [0.15, 0.2) is 72.8 Å². The second kappa shape index (κ2) is 8.76. The van der Waals surface area contributed by atoms with Gasteiger partial charge in [-0.2, -0.15) is 0 Å². The van der Waals surface area contributed by atoms with Gasteiger partial charge in [0.15, 0.2) is 0 Å². The molecule has 1 aliphatic heterocycles. The average Bonchev–Trinajstić information content (AvgIpc) is 3.25. The first-order valence-corrected chi connectivity index (χ1v) is 11.5. The van der Waals surface area contributed by atoms with Gasteiger partial charge in [-0.05, 0) is 72.0 Å². The standard InChI is InChI=1S/C29H29NO2/c1-20-12-15-26-23(17-20)8-5-11-27(26)29(31)32-19-24-9-6-16-30(24)18-28-21(2)13-14-22-7-3-4-10-25(22)28/h3-5,7-8,10-15,17,24H,6,9,16,18-19H2,1-2H3/t24-/m0/s1. The first-order valence-electron chi connectivity index (χ1n) is 11.5. The average molecular weight is 424 g/mol. The molecule has 0 aliphatic carbocycles. The number of hydrogen-bond donors (Lipinski definition) is 0. The summed E-state index contributed by atoms with van der Waals surface area (Å²) in [6.45, 7) is 6.62. The van der Waals surface area contributed by atoms with Gasteiger partial charge in [-0.3, -0.25) is 4.90 Å². The Hall–Kier alpha value is -3.17. The van der Waals surface area contributed by atoms with Gasteiger partial charge in [-0.25, -0.2) is 4.79 Å². The molecule has 0 saturated carbocycles. The number of carbonyl (C=O) groups is 1. The molecule has 0 aromatic heterocycles. The van der Waals surface area contributed by atoms with E-state index in [1.54, 1.807) is 0 Å². The molecule has 3 nitrogen and oxygen atoms in total. The zero-order valence-corrected chi connectivity index (χ0v) is 18.8. The van der Waals surface area contributed by atoms with Crippen molar-refractivity contribution in [1.29, 1.82) is 0 Å². The van der Waals surface area contributed by atoms with Gasteiger partial charge < -0.3 is 4.74 Å². The normalized spacial score (nSPS) is 16.6. The lowest BCUT2D eigenvalue weighted by Gasteiger charge is -2.26. The summed E-state index contributed by atoms with van der Waals surface area (Å²) in [7, 11) is 0. The van der Waals surface area contributed by atoms with E-state index < -0.39 is 0 Å². The molecular formula is C29H29NO2. The first-order chi connectivity index (χ1) is 15.6. The summed E-state index contributed by atoms with van der Waals surface area (Å²) < 4.78 is 5.86. The van der Waals surface area contributed by atoms with Crippen molar-refractivity contribution in [2.75, 3.05) is 13.2 Å². The number of likely N-dealkylation sites (tertiary alicyclic amines) is 1. The molecular weight excluding hydrogens is 394 g/mol. The highest BCUT2D eigenvalue weighted by Crippen LogP contribution is 2.28. The van der Waals surface area contributed by atoms with E-state index in [4.69, 9.17) is 4.74 Å². The molecule has 0 amide bonds. The van der Waals surface area contributed by atoms with E-state index in [1.165, 1.54) is 27.5 Å². The van der Waals surface area contributed by atoms with Crippen molar-refractivity contribution in [2.24, 2.45) is 0 Å². The van der Waals surface area contributed by atoms with Crippen LogP contribution >= 0.6 is 0 Å². The number of benzene rings is 4. The molecule has 1 aliphatic rings. The SMILES string of the molecule is Cc1ccc2c(C(=O)OC[C@@H]3CCCN3Cc3c(C)ccc4ccccc34)cccc2c1. The van der Waals surface area contributed by atoms with Crippen LogP contribution < -0.4 is 0 Å². The van der Waals surface area contributed by atoms with Crippen molar-refractivity contribution < 1.29 is 9.53 Å². The van der Waals surface area contributed by atoms with Crippen LogP contribution in [0.2, 0.25) is 0 Å². The maximum Gasteiger partial charge on any atom is 0.338 e. The van der Waals surface area contributed by atoms with Crippen molar-refractivity contribution in [3.05, 3.63) is 95.1 Å². The molecule has 4 aromatic rings. The smallest absolute Gasteiger partial charge is 0.338 e. The Morgan fingerprint density at radius 2 is 1.78 bits per heavy atom. The fourth-order valence-electron chi connectivity index (χ4n) is 4.98. The second-order valence-electron chi connectivity index (χ2n) is 8.98. The summed E-state index contributed by atoms with van der Waals surface area (Å²) in [6.07, 6.45) is 2.20. The largest absolute Gasteiger partial charge is 0.460 e. The van der Waals surface area contributed by atoms with Crippen LogP contribution in [0, 0.1) is 13.8 Å². The predicted molar refractivity (Wildman–Crippen MR) is 131 cm³/mol. The number of carbonyl (C=O) groups excluding carboxylic acids is 1.